The average Bonchev–Trinajstić information content (AvgIpc) is 2.44. The summed E-state index contributed by atoms with van der Waals surface area (Å²) >= 11 is 0. The number of aryl methyl sites for hydroxylation is 1. The van der Waals surface area contributed by atoms with Gasteiger partial charge < -0.3 is 10.1 Å². The lowest BCUT2D eigenvalue weighted by atomic mass is 10.1. The van der Waals surface area contributed by atoms with Crippen LogP contribution in [0.5, 0.6) is 5.75 Å². The van der Waals surface area contributed by atoms with Crippen molar-refractivity contribution in [3.63, 3.8) is 0 Å². The molecule has 0 amide bonds. The van der Waals surface area contributed by atoms with Crippen molar-refractivity contribution in [2.24, 2.45) is 0 Å². The summed E-state index contributed by atoms with van der Waals surface area (Å²) in [5.74, 6) is 0.597. The number of hydrogen-bond donors (Lipinski definition) is 1. The molecule has 106 valence electrons. The molecule has 0 bridgehead atoms. The molecule has 0 fully saturated rings. The van der Waals surface area contributed by atoms with E-state index >= 15 is 0 Å². The second kappa shape index (κ2) is 6.42. The first-order valence-electron chi connectivity index (χ1n) is 6.86. The monoisotopic (exact) mass is 273 g/mol. The van der Waals surface area contributed by atoms with E-state index in [2.05, 4.69) is 5.32 Å². The molecule has 0 aliphatic rings. The third-order valence-electron chi connectivity index (χ3n) is 3.18. The molecule has 0 radical (unpaired) electrons. The molecule has 2 aromatic carbocycles. The zero-order valence-corrected chi connectivity index (χ0v) is 12.1. The van der Waals surface area contributed by atoms with Crippen molar-refractivity contribution in [2.45, 2.75) is 26.8 Å². The van der Waals surface area contributed by atoms with Crippen LogP contribution < -0.4 is 10.1 Å². The van der Waals surface area contributed by atoms with E-state index in [9.17, 15) is 4.39 Å². The zero-order valence-electron chi connectivity index (χ0n) is 12.1. The molecule has 2 rings (SSSR count). The van der Waals surface area contributed by atoms with Crippen LogP contribution in [0, 0.1) is 12.7 Å². The Morgan fingerprint density at radius 3 is 2.70 bits per heavy atom. The van der Waals surface area contributed by atoms with Gasteiger partial charge in [-0.3, -0.25) is 0 Å². The van der Waals surface area contributed by atoms with Crippen LogP contribution in [0.4, 0.5) is 10.1 Å². The summed E-state index contributed by atoms with van der Waals surface area (Å²) in [6.45, 7) is 6.51. The van der Waals surface area contributed by atoms with Crippen LogP contribution in [-0.2, 0) is 0 Å². The van der Waals surface area contributed by atoms with Crippen molar-refractivity contribution in [3.8, 4) is 5.75 Å². The van der Waals surface area contributed by atoms with Gasteiger partial charge in [0.1, 0.15) is 11.6 Å². The molecule has 0 saturated heterocycles. The summed E-state index contributed by atoms with van der Waals surface area (Å²) < 4.78 is 19.4. The van der Waals surface area contributed by atoms with E-state index in [0.717, 1.165) is 16.9 Å². The van der Waals surface area contributed by atoms with Crippen LogP contribution in [0.25, 0.3) is 0 Å². The van der Waals surface area contributed by atoms with Crippen LogP contribution in [0.2, 0.25) is 0 Å². The highest BCUT2D eigenvalue weighted by Gasteiger charge is 2.12. The molecule has 3 heteroatoms. The lowest BCUT2D eigenvalue weighted by Crippen LogP contribution is -2.10. The average molecular weight is 273 g/mol. The smallest absolute Gasteiger partial charge is 0.146 e. The molecule has 1 unspecified atom stereocenters. The lowest BCUT2D eigenvalue weighted by Gasteiger charge is -2.19. The van der Waals surface area contributed by atoms with Gasteiger partial charge in [0.25, 0.3) is 0 Å². The molecule has 2 nitrogen and oxygen atoms in total. The SMILES string of the molecule is CCOc1ccccc1C(C)Nc1cc(C)ccc1F. The van der Waals surface area contributed by atoms with E-state index in [1.54, 1.807) is 6.07 Å². The quantitative estimate of drug-likeness (QED) is 0.852. The Morgan fingerprint density at radius 2 is 1.95 bits per heavy atom. The lowest BCUT2D eigenvalue weighted by molar-refractivity contribution is 0.335. The molecule has 20 heavy (non-hydrogen) atoms. The fourth-order valence-electron chi connectivity index (χ4n) is 2.19. The molecule has 0 spiro atoms. The maximum Gasteiger partial charge on any atom is 0.146 e. The second-order valence-electron chi connectivity index (χ2n) is 4.82. The minimum absolute atomic E-state index is 0.0333. The van der Waals surface area contributed by atoms with Gasteiger partial charge in [-0.05, 0) is 44.5 Å². The summed E-state index contributed by atoms with van der Waals surface area (Å²) in [5, 5.41) is 3.21. The highest BCUT2D eigenvalue weighted by atomic mass is 19.1. The van der Waals surface area contributed by atoms with E-state index in [0.29, 0.717) is 12.3 Å². The number of hydrogen-bond acceptors (Lipinski definition) is 2. The fraction of sp³-hybridized carbons (Fsp3) is 0.294. The van der Waals surface area contributed by atoms with Crippen molar-refractivity contribution in [1.82, 2.24) is 0 Å². The molecular formula is C17H20FNO. The molecule has 0 heterocycles. The van der Waals surface area contributed by atoms with E-state index in [4.69, 9.17) is 4.74 Å². The Kier molecular flexibility index (Phi) is 4.61. The zero-order chi connectivity index (χ0) is 14.5. The van der Waals surface area contributed by atoms with E-state index < -0.39 is 0 Å². The Bertz CT molecular complexity index is 583. The van der Waals surface area contributed by atoms with Crippen LogP contribution in [0.3, 0.4) is 0 Å². The Morgan fingerprint density at radius 1 is 1.20 bits per heavy atom. The molecule has 2 aromatic rings. The minimum atomic E-state index is -0.239. The first-order valence-corrected chi connectivity index (χ1v) is 6.86. The summed E-state index contributed by atoms with van der Waals surface area (Å²) in [7, 11) is 0. The number of para-hydroxylation sites is 1. The number of nitrogens with one attached hydrogen (secondary N) is 1. The minimum Gasteiger partial charge on any atom is -0.494 e. The van der Waals surface area contributed by atoms with Crippen LogP contribution >= 0.6 is 0 Å². The largest absolute Gasteiger partial charge is 0.494 e. The number of rotatable bonds is 5. The second-order valence-corrected chi connectivity index (χ2v) is 4.82. The van der Waals surface area contributed by atoms with Crippen molar-refractivity contribution in [2.75, 3.05) is 11.9 Å². The molecule has 0 aliphatic heterocycles. The summed E-state index contributed by atoms with van der Waals surface area (Å²) in [5.41, 5.74) is 2.57. The van der Waals surface area contributed by atoms with Gasteiger partial charge in [-0.2, -0.15) is 0 Å². The Balaban J connectivity index is 2.23. The first kappa shape index (κ1) is 14.4. The number of anilines is 1. The van der Waals surface area contributed by atoms with E-state index in [1.165, 1.54) is 6.07 Å². The standard InChI is InChI=1S/C17H20FNO/c1-4-20-17-8-6-5-7-14(17)13(3)19-16-11-12(2)9-10-15(16)18/h5-11,13,19H,4H2,1-3H3. The molecule has 0 saturated carbocycles. The highest BCUT2D eigenvalue weighted by molar-refractivity contribution is 5.50. The first-order chi connectivity index (χ1) is 9.61. The topological polar surface area (TPSA) is 21.3 Å². The van der Waals surface area contributed by atoms with E-state index in [-0.39, 0.29) is 11.9 Å². The molecular weight excluding hydrogens is 253 g/mol. The molecule has 1 N–H and O–H groups in total. The molecule has 1 atom stereocenters. The van der Waals surface area contributed by atoms with Crippen LogP contribution in [0.1, 0.15) is 31.0 Å². The van der Waals surface area contributed by atoms with Crippen LogP contribution in [-0.4, -0.2) is 6.61 Å². The normalized spacial score (nSPS) is 12.0. The van der Waals surface area contributed by atoms with Gasteiger partial charge in [0.15, 0.2) is 0 Å². The third-order valence-corrected chi connectivity index (χ3v) is 3.18. The van der Waals surface area contributed by atoms with Crippen molar-refractivity contribution in [1.29, 1.82) is 0 Å². The van der Waals surface area contributed by atoms with Gasteiger partial charge >= 0.3 is 0 Å². The van der Waals surface area contributed by atoms with Crippen molar-refractivity contribution >= 4 is 5.69 Å². The van der Waals surface area contributed by atoms with Gasteiger partial charge in [-0.1, -0.05) is 24.3 Å². The summed E-state index contributed by atoms with van der Waals surface area (Å²) in [4.78, 5) is 0. The number of benzene rings is 2. The van der Waals surface area contributed by atoms with Gasteiger partial charge in [0, 0.05) is 5.56 Å². The van der Waals surface area contributed by atoms with Gasteiger partial charge in [-0.25, -0.2) is 4.39 Å². The highest BCUT2D eigenvalue weighted by Crippen LogP contribution is 2.28. The number of halogens is 1. The maximum absolute atomic E-state index is 13.8. The number of ether oxygens (including phenoxy) is 1. The predicted molar refractivity (Wildman–Crippen MR) is 80.8 cm³/mol. The summed E-state index contributed by atoms with van der Waals surface area (Å²) in [6.07, 6.45) is 0. The Hall–Kier alpha value is -2.03. The Labute approximate surface area is 119 Å². The molecule has 0 aliphatic carbocycles. The van der Waals surface area contributed by atoms with E-state index in [1.807, 2.05) is 51.1 Å². The van der Waals surface area contributed by atoms with Gasteiger partial charge in [0.2, 0.25) is 0 Å². The third kappa shape index (κ3) is 3.29. The molecule has 0 aromatic heterocycles. The van der Waals surface area contributed by atoms with Crippen molar-refractivity contribution < 1.29 is 9.13 Å². The maximum atomic E-state index is 13.8. The fourth-order valence-corrected chi connectivity index (χ4v) is 2.19. The van der Waals surface area contributed by atoms with Gasteiger partial charge in [-0.15, -0.1) is 0 Å². The summed E-state index contributed by atoms with van der Waals surface area (Å²) in [6, 6.07) is 12.9. The van der Waals surface area contributed by atoms with Gasteiger partial charge in [0.05, 0.1) is 18.3 Å². The predicted octanol–water partition coefficient (Wildman–Crippen LogP) is 4.71. The van der Waals surface area contributed by atoms with Crippen molar-refractivity contribution in [3.05, 3.63) is 59.4 Å². The van der Waals surface area contributed by atoms with Crippen LogP contribution in [0.15, 0.2) is 42.5 Å².